The highest BCUT2D eigenvalue weighted by Gasteiger charge is 2.25. The van der Waals surface area contributed by atoms with E-state index < -0.39 is 0 Å². The zero-order chi connectivity index (χ0) is 14.8. The van der Waals surface area contributed by atoms with Crippen LogP contribution in [0.15, 0.2) is 12.1 Å². The fraction of sp³-hybridized carbons (Fsp3) is 0.429. The molecule has 1 amide bonds. The van der Waals surface area contributed by atoms with Gasteiger partial charge >= 0.3 is 0 Å². The number of fused-ring (bicyclic) bond motifs is 1. The van der Waals surface area contributed by atoms with Crippen molar-refractivity contribution in [3.05, 3.63) is 27.7 Å². The minimum Gasteiger partial charge on any atom is -0.350 e. The maximum absolute atomic E-state index is 11.9. The van der Waals surface area contributed by atoms with E-state index in [0.29, 0.717) is 11.6 Å². The van der Waals surface area contributed by atoms with Crippen LogP contribution in [0.4, 0.5) is 11.6 Å². The fourth-order valence-corrected chi connectivity index (χ4v) is 3.34. The third-order valence-electron chi connectivity index (χ3n) is 3.31. The first-order valence-electron chi connectivity index (χ1n) is 7.05. The first-order valence-corrected chi connectivity index (χ1v) is 7.86. The average molecular weight is 303 g/mol. The Morgan fingerprint density at radius 1 is 1.43 bits per heavy atom. The van der Waals surface area contributed by atoms with Crippen molar-refractivity contribution >= 4 is 28.9 Å². The Balaban J connectivity index is 1.94. The first kappa shape index (κ1) is 13.9. The summed E-state index contributed by atoms with van der Waals surface area (Å²) < 4.78 is 0. The van der Waals surface area contributed by atoms with E-state index in [0.717, 1.165) is 41.6 Å². The number of nitrogens with one attached hydrogen (secondary N) is 1. The highest BCUT2D eigenvalue weighted by atomic mass is 32.1. The van der Waals surface area contributed by atoms with Crippen LogP contribution in [0.2, 0.25) is 0 Å². The molecule has 110 valence electrons. The Labute approximate surface area is 127 Å². The lowest BCUT2D eigenvalue weighted by Gasteiger charge is -2.25. The summed E-state index contributed by atoms with van der Waals surface area (Å²) in [4.78, 5) is 19.6. The predicted octanol–water partition coefficient (Wildman–Crippen LogP) is 2.08. The van der Waals surface area contributed by atoms with Crippen molar-refractivity contribution in [1.29, 1.82) is 0 Å². The van der Waals surface area contributed by atoms with Gasteiger partial charge in [0.05, 0.1) is 5.69 Å². The lowest BCUT2D eigenvalue weighted by atomic mass is 10.2. The van der Waals surface area contributed by atoms with Crippen molar-refractivity contribution in [3.8, 4) is 0 Å². The van der Waals surface area contributed by atoms with Gasteiger partial charge < -0.3 is 10.2 Å². The van der Waals surface area contributed by atoms with Gasteiger partial charge in [0.25, 0.3) is 5.91 Å². The number of hydrogen-bond acceptors (Lipinski definition) is 6. The van der Waals surface area contributed by atoms with Gasteiger partial charge in [-0.3, -0.25) is 4.79 Å². The van der Waals surface area contributed by atoms with Gasteiger partial charge in [0.1, 0.15) is 5.82 Å². The van der Waals surface area contributed by atoms with Crippen molar-refractivity contribution < 1.29 is 4.79 Å². The number of carbonyl (C=O) groups is 1. The third-order valence-corrected chi connectivity index (χ3v) is 4.41. The number of nitrogens with zero attached hydrogens (tertiary/aromatic N) is 4. The van der Waals surface area contributed by atoms with E-state index in [4.69, 9.17) is 0 Å². The second-order valence-electron chi connectivity index (χ2n) is 4.91. The number of anilines is 2. The largest absolute Gasteiger partial charge is 0.350 e. The Hall–Kier alpha value is -2.02. The van der Waals surface area contributed by atoms with Crippen molar-refractivity contribution in [3.63, 3.8) is 0 Å². The van der Waals surface area contributed by atoms with E-state index in [1.165, 1.54) is 11.3 Å². The van der Waals surface area contributed by atoms with Crippen LogP contribution < -0.4 is 10.2 Å². The van der Waals surface area contributed by atoms with Crippen LogP contribution >= 0.6 is 11.3 Å². The first-order chi connectivity index (χ1) is 10.2. The van der Waals surface area contributed by atoms with Gasteiger partial charge in [-0.2, -0.15) is 5.10 Å². The second-order valence-corrected chi connectivity index (χ2v) is 6.00. The molecule has 0 saturated carbocycles. The van der Waals surface area contributed by atoms with Crippen molar-refractivity contribution in [2.75, 3.05) is 18.0 Å². The predicted molar refractivity (Wildman–Crippen MR) is 82.2 cm³/mol. The summed E-state index contributed by atoms with van der Waals surface area (Å²) in [6.07, 6.45) is 1.99. The zero-order valence-electron chi connectivity index (χ0n) is 12.1. The Bertz CT molecular complexity index is 652. The van der Waals surface area contributed by atoms with Crippen LogP contribution in [-0.4, -0.2) is 34.2 Å². The molecular weight excluding hydrogens is 286 g/mol. The molecule has 0 aromatic carbocycles. The maximum atomic E-state index is 11.9. The molecule has 2 aromatic rings. The van der Waals surface area contributed by atoms with Crippen LogP contribution in [0, 0.1) is 6.92 Å². The van der Waals surface area contributed by atoms with Crippen LogP contribution in [-0.2, 0) is 6.42 Å². The molecule has 1 aliphatic rings. The lowest BCUT2D eigenvalue weighted by Crippen LogP contribution is -2.26. The third kappa shape index (κ3) is 2.73. The molecule has 0 unspecified atom stereocenters. The molecule has 2 aromatic heterocycles. The van der Waals surface area contributed by atoms with Crippen LogP contribution in [0.5, 0.6) is 0 Å². The summed E-state index contributed by atoms with van der Waals surface area (Å²) in [5, 5.41) is 11.7. The number of thiazole rings is 1. The van der Waals surface area contributed by atoms with Crippen molar-refractivity contribution in [2.45, 2.75) is 26.7 Å². The Morgan fingerprint density at radius 2 is 2.29 bits per heavy atom. The van der Waals surface area contributed by atoms with E-state index in [-0.39, 0.29) is 5.91 Å². The number of amides is 1. The van der Waals surface area contributed by atoms with E-state index >= 15 is 0 Å². The van der Waals surface area contributed by atoms with E-state index in [1.807, 2.05) is 30.9 Å². The van der Waals surface area contributed by atoms with Crippen LogP contribution in [0.1, 0.15) is 33.7 Å². The van der Waals surface area contributed by atoms with E-state index in [2.05, 4.69) is 20.5 Å². The molecule has 6 nitrogen and oxygen atoms in total. The number of hydrogen-bond donors (Lipinski definition) is 1. The SMILES string of the molecule is CCNC(=O)c1nc2c(s1)CCCN2c1ccc(C)nn1. The summed E-state index contributed by atoms with van der Waals surface area (Å²) in [6, 6.07) is 3.89. The van der Waals surface area contributed by atoms with Gasteiger partial charge in [-0.25, -0.2) is 4.98 Å². The van der Waals surface area contributed by atoms with Gasteiger partial charge in [0.2, 0.25) is 0 Å². The monoisotopic (exact) mass is 303 g/mol. The molecular formula is C14H17N5OS. The van der Waals surface area contributed by atoms with Gasteiger partial charge in [-0.15, -0.1) is 16.4 Å². The Morgan fingerprint density at radius 3 is 3.00 bits per heavy atom. The van der Waals surface area contributed by atoms with Crippen LogP contribution in [0.3, 0.4) is 0 Å². The molecule has 0 fully saturated rings. The summed E-state index contributed by atoms with van der Waals surface area (Å²) >= 11 is 1.47. The van der Waals surface area contributed by atoms with Gasteiger partial charge in [-0.05, 0) is 38.8 Å². The maximum Gasteiger partial charge on any atom is 0.280 e. The molecule has 0 aliphatic carbocycles. The topological polar surface area (TPSA) is 71.0 Å². The summed E-state index contributed by atoms with van der Waals surface area (Å²) in [6.45, 7) is 5.27. The highest BCUT2D eigenvalue weighted by molar-refractivity contribution is 7.14. The molecule has 1 N–H and O–H groups in total. The molecule has 0 atom stereocenters. The summed E-state index contributed by atoms with van der Waals surface area (Å²) in [5.74, 6) is 1.53. The van der Waals surface area contributed by atoms with Crippen LogP contribution in [0.25, 0.3) is 0 Å². The summed E-state index contributed by atoms with van der Waals surface area (Å²) in [5.41, 5.74) is 0.886. The normalized spacial score (nSPS) is 13.9. The zero-order valence-corrected chi connectivity index (χ0v) is 12.9. The van der Waals surface area contributed by atoms with Crippen molar-refractivity contribution in [2.24, 2.45) is 0 Å². The number of carbonyl (C=O) groups excluding carboxylic acids is 1. The fourth-order valence-electron chi connectivity index (χ4n) is 2.31. The number of aryl methyl sites for hydroxylation is 2. The minimum atomic E-state index is -0.105. The molecule has 0 saturated heterocycles. The summed E-state index contributed by atoms with van der Waals surface area (Å²) in [7, 11) is 0. The quantitative estimate of drug-likeness (QED) is 0.940. The van der Waals surface area contributed by atoms with Crippen molar-refractivity contribution in [1.82, 2.24) is 20.5 Å². The highest BCUT2D eigenvalue weighted by Crippen LogP contribution is 2.35. The average Bonchev–Trinajstić information content (AvgIpc) is 2.92. The Kier molecular flexibility index (Phi) is 3.83. The molecule has 0 radical (unpaired) electrons. The molecule has 0 bridgehead atoms. The molecule has 3 rings (SSSR count). The molecule has 21 heavy (non-hydrogen) atoms. The van der Waals surface area contributed by atoms with E-state index in [1.54, 1.807) is 0 Å². The standard InChI is InChI=1S/C14H17N5OS/c1-3-15-13(20)14-16-12-10(21-14)5-4-8-19(12)11-7-6-9(2)17-18-11/h6-7H,3-5,8H2,1-2H3,(H,15,20). The molecule has 1 aliphatic heterocycles. The molecule has 0 spiro atoms. The molecule has 7 heteroatoms. The van der Waals surface area contributed by atoms with Gasteiger partial charge in [0, 0.05) is 18.0 Å². The molecule has 3 heterocycles. The lowest BCUT2D eigenvalue weighted by molar-refractivity contribution is 0.0955. The van der Waals surface area contributed by atoms with Gasteiger partial charge in [0.15, 0.2) is 10.8 Å². The second kappa shape index (κ2) is 5.77. The number of rotatable bonds is 3. The van der Waals surface area contributed by atoms with E-state index in [9.17, 15) is 4.79 Å². The smallest absolute Gasteiger partial charge is 0.280 e. The number of aromatic nitrogens is 3. The van der Waals surface area contributed by atoms with Gasteiger partial charge in [-0.1, -0.05) is 0 Å². The minimum absolute atomic E-state index is 0.105.